The van der Waals surface area contributed by atoms with Crippen molar-refractivity contribution in [2.45, 2.75) is 234 Å². The van der Waals surface area contributed by atoms with E-state index in [0.29, 0.717) is 12.8 Å². The first-order chi connectivity index (χ1) is 32.3. The van der Waals surface area contributed by atoms with Gasteiger partial charge in [-0.1, -0.05) is 115 Å². The smallest absolute Gasteiger partial charge is 0.220 e. The van der Waals surface area contributed by atoms with Gasteiger partial charge in [-0.15, -0.1) is 0 Å². The van der Waals surface area contributed by atoms with Gasteiger partial charge in [-0.05, 0) is 44.9 Å². The van der Waals surface area contributed by atoms with Crippen molar-refractivity contribution in [3.63, 3.8) is 0 Å². The molecule has 390 valence electrons. The average Bonchev–Trinajstić information content (AvgIpc) is 3.32. The fourth-order valence-electron chi connectivity index (χ4n) is 8.22. The highest BCUT2D eigenvalue weighted by Gasteiger charge is 2.53. The number of aliphatic hydroxyl groups is 11. The van der Waals surface area contributed by atoms with Crippen molar-refractivity contribution in [2.75, 3.05) is 26.4 Å². The molecule has 3 saturated heterocycles. The molecule has 3 fully saturated rings. The molecule has 0 spiro atoms. The number of allylic oxidation sites excluding steroid dienone is 5. The summed E-state index contributed by atoms with van der Waals surface area (Å²) in [4.78, 5) is 12.9. The Kier molecular flexibility index (Phi) is 29.7. The highest BCUT2D eigenvalue weighted by atomic mass is 16.8. The molecule has 67 heavy (non-hydrogen) atoms. The lowest BCUT2D eigenvalue weighted by Gasteiger charge is -2.48. The van der Waals surface area contributed by atoms with E-state index in [1.54, 1.807) is 6.08 Å². The number of carbonyl (C=O) groups is 1. The SMILES string of the molecule is CCCCCCCCCC/C=C/CC/C=C/CC/C=C/C(O)C(COC1OC(CO)C(OC2OC(CO)C(OC3OC(CO)C(O)C(O)C3O)C(O)C2O)C(O)C1O)NC(=O)CCCCCC. The monoisotopic (exact) mass is 964 g/mol. The maximum Gasteiger partial charge on any atom is 0.220 e. The van der Waals surface area contributed by atoms with E-state index >= 15 is 0 Å². The normalized spacial score (nSPS) is 33.8. The van der Waals surface area contributed by atoms with Crippen LogP contribution in [0.1, 0.15) is 129 Å². The molecule has 17 unspecified atom stereocenters. The van der Waals surface area contributed by atoms with Crippen LogP contribution >= 0.6 is 0 Å². The van der Waals surface area contributed by atoms with Crippen LogP contribution in [0.25, 0.3) is 0 Å². The van der Waals surface area contributed by atoms with E-state index < -0.39 is 124 Å². The Morgan fingerprint density at radius 3 is 1.49 bits per heavy atom. The lowest BCUT2D eigenvalue weighted by atomic mass is 9.96. The summed E-state index contributed by atoms with van der Waals surface area (Å²) in [6, 6.07) is -0.988. The first-order valence-corrected chi connectivity index (χ1v) is 24.7. The Labute approximate surface area is 396 Å². The molecule has 1 amide bonds. The third-order valence-corrected chi connectivity index (χ3v) is 12.4. The number of unbranched alkanes of at least 4 members (excludes halogenated alkanes) is 13. The molecule has 19 heteroatoms. The molecule has 0 saturated carbocycles. The maximum absolute atomic E-state index is 12.9. The van der Waals surface area contributed by atoms with Gasteiger partial charge < -0.3 is 89.9 Å². The number of hydrogen-bond acceptors (Lipinski definition) is 18. The summed E-state index contributed by atoms with van der Waals surface area (Å²) in [5, 5.41) is 119. The zero-order valence-corrected chi connectivity index (χ0v) is 39.6. The summed E-state index contributed by atoms with van der Waals surface area (Å²) in [6.07, 6.45) is 3.86. The fourth-order valence-corrected chi connectivity index (χ4v) is 8.22. The summed E-state index contributed by atoms with van der Waals surface area (Å²) in [5.41, 5.74) is 0. The second-order valence-electron chi connectivity index (χ2n) is 17.9. The molecular weight excluding hydrogens is 879 g/mol. The summed E-state index contributed by atoms with van der Waals surface area (Å²) >= 11 is 0. The van der Waals surface area contributed by atoms with Crippen LogP contribution in [0.5, 0.6) is 0 Å². The maximum atomic E-state index is 12.9. The van der Waals surface area contributed by atoms with Crippen LogP contribution < -0.4 is 5.32 Å². The molecule has 0 radical (unpaired) electrons. The number of amides is 1. The fraction of sp³-hybridized carbons (Fsp3) is 0.854. The molecule has 3 aliphatic heterocycles. The number of nitrogens with one attached hydrogen (secondary N) is 1. The van der Waals surface area contributed by atoms with Gasteiger partial charge in [0.05, 0.1) is 38.6 Å². The van der Waals surface area contributed by atoms with Gasteiger partial charge in [0.2, 0.25) is 5.91 Å². The molecule has 19 nitrogen and oxygen atoms in total. The predicted octanol–water partition coefficient (Wildman–Crippen LogP) is 1.03. The quantitative estimate of drug-likeness (QED) is 0.0323. The average molecular weight is 964 g/mol. The summed E-state index contributed by atoms with van der Waals surface area (Å²) in [6.45, 7) is 1.50. The molecular formula is C48H85NO18. The van der Waals surface area contributed by atoms with Gasteiger partial charge in [-0.25, -0.2) is 0 Å². The van der Waals surface area contributed by atoms with Gasteiger partial charge in [-0.3, -0.25) is 4.79 Å². The van der Waals surface area contributed by atoms with E-state index in [2.05, 4.69) is 43.5 Å². The Balaban J connectivity index is 1.53. The number of carbonyl (C=O) groups excluding carboxylic acids is 1. The highest BCUT2D eigenvalue weighted by molar-refractivity contribution is 5.76. The minimum atomic E-state index is -1.98. The highest BCUT2D eigenvalue weighted by Crippen LogP contribution is 2.33. The molecule has 3 heterocycles. The van der Waals surface area contributed by atoms with Crippen LogP contribution in [0.15, 0.2) is 36.5 Å². The van der Waals surface area contributed by atoms with E-state index in [4.69, 9.17) is 28.4 Å². The summed E-state index contributed by atoms with van der Waals surface area (Å²) in [5.74, 6) is -0.311. The zero-order valence-electron chi connectivity index (χ0n) is 39.6. The van der Waals surface area contributed by atoms with Crippen LogP contribution in [0.3, 0.4) is 0 Å². The van der Waals surface area contributed by atoms with Crippen LogP contribution in [0.2, 0.25) is 0 Å². The zero-order chi connectivity index (χ0) is 49.1. The first-order valence-electron chi connectivity index (χ1n) is 24.7. The molecule has 0 aromatic carbocycles. The van der Waals surface area contributed by atoms with Crippen LogP contribution in [0.4, 0.5) is 0 Å². The van der Waals surface area contributed by atoms with Gasteiger partial charge in [-0.2, -0.15) is 0 Å². The van der Waals surface area contributed by atoms with Crippen molar-refractivity contribution in [1.29, 1.82) is 0 Å². The Morgan fingerprint density at radius 2 is 0.955 bits per heavy atom. The van der Waals surface area contributed by atoms with E-state index in [1.807, 2.05) is 6.08 Å². The van der Waals surface area contributed by atoms with Gasteiger partial charge in [0.1, 0.15) is 73.2 Å². The first kappa shape index (κ1) is 59.3. The van der Waals surface area contributed by atoms with E-state index in [0.717, 1.165) is 44.9 Å². The van der Waals surface area contributed by atoms with Crippen molar-refractivity contribution >= 4 is 5.91 Å². The number of aliphatic hydroxyl groups excluding tert-OH is 11. The molecule has 3 rings (SSSR count). The van der Waals surface area contributed by atoms with E-state index in [9.17, 15) is 61.0 Å². The molecule has 12 N–H and O–H groups in total. The van der Waals surface area contributed by atoms with Crippen molar-refractivity contribution < 1.29 is 89.4 Å². The van der Waals surface area contributed by atoms with Crippen molar-refractivity contribution in [3.05, 3.63) is 36.5 Å². The van der Waals surface area contributed by atoms with E-state index in [-0.39, 0.29) is 18.9 Å². The Hall–Kier alpha value is -1.99. The molecule has 0 aromatic heterocycles. The molecule has 0 aromatic rings. The van der Waals surface area contributed by atoms with Gasteiger partial charge >= 0.3 is 0 Å². The van der Waals surface area contributed by atoms with Crippen molar-refractivity contribution in [3.8, 4) is 0 Å². The predicted molar refractivity (Wildman–Crippen MR) is 245 cm³/mol. The number of rotatable bonds is 33. The third-order valence-electron chi connectivity index (χ3n) is 12.4. The van der Waals surface area contributed by atoms with E-state index in [1.165, 1.54) is 51.4 Å². The topological polar surface area (TPSA) is 307 Å². The van der Waals surface area contributed by atoms with Gasteiger partial charge in [0.25, 0.3) is 0 Å². The molecule has 17 atom stereocenters. The van der Waals surface area contributed by atoms with Gasteiger partial charge in [0.15, 0.2) is 18.9 Å². The minimum Gasteiger partial charge on any atom is -0.394 e. The largest absolute Gasteiger partial charge is 0.394 e. The third kappa shape index (κ3) is 20.0. The summed E-state index contributed by atoms with van der Waals surface area (Å²) in [7, 11) is 0. The van der Waals surface area contributed by atoms with Crippen molar-refractivity contribution in [1.82, 2.24) is 5.32 Å². The van der Waals surface area contributed by atoms with Gasteiger partial charge in [0, 0.05) is 6.42 Å². The number of hydrogen-bond donors (Lipinski definition) is 12. The second kappa shape index (κ2) is 33.6. The standard InChI is InChI=1S/C48H85NO18/c1-3-5-7-9-10-11-12-13-14-15-16-17-18-19-20-21-22-23-25-32(53)31(49-36(54)26-24-8-6-4-2)30-62-46-42(60)39(57)44(34(28-51)64-46)67-48-43(61)40(58)45(35(29-52)65-48)66-47-41(59)38(56)37(55)33(27-50)63-47/h15-16,19-20,23,25,31-35,37-48,50-53,55-61H,3-14,17-18,21-22,24,26-30H2,1-2H3,(H,49,54)/b16-15+,20-19+,25-23+. The molecule has 0 aliphatic carbocycles. The van der Waals surface area contributed by atoms with Crippen molar-refractivity contribution in [2.24, 2.45) is 0 Å². The van der Waals surface area contributed by atoms with Crippen LogP contribution in [0, 0.1) is 0 Å². The number of ether oxygens (including phenoxy) is 6. The Morgan fingerprint density at radius 1 is 0.522 bits per heavy atom. The minimum absolute atomic E-state index is 0.223. The Bertz CT molecular complexity index is 1390. The summed E-state index contributed by atoms with van der Waals surface area (Å²) < 4.78 is 33.9. The van der Waals surface area contributed by atoms with Crippen LogP contribution in [-0.2, 0) is 33.2 Å². The lowest BCUT2D eigenvalue weighted by Crippen LogP contribution is -2.66. The molecule has 3 aliphatic rings. The second-order valence-corrected chi connectivity index (χ2v) is 17.9. The van der Waals surface area contributed by atoms with Crippen LogP contribution in [-0.4, -0.2) is 193 Å². The lowest BCUT2D eigenvalue weighted by molar-refractivity contribution is -0.379. The molecule has 0 bridgehead atoms.